The van der Waals surface area contributed by atoms with Crippen molar-refractivity contribution in [3.63, 3.8) is 0 Å². The van der Waals surface area contributed by atoms with E-state index in [1.165, 1.54) is 0 Å². The lowest BCUT2D eigenvalue weighted by atomic mass is 10.1. The second-order valence-corrected chi connectivity index (χ2v) is 7.40. The first-order valence-electron chi connectivity index (χ1n) is 7.07. The smallest absolute Gasteiger partial charge is 0.282 e. The summed E-state index contributed by atoms with van der Waals surface area (Å²) in [6.07, 6.45) is 2.80. The normalized spacial score (nSPS) is 35.4. The molecule has 0 aromatic carbocycles. The van der Waals surface area contributed by atoms with Crippen LogP contribution in [-0.4, -0.2) is 61.5 Å². The number of piperidine rings is 1. The number of ether oxygens (including phenoxy) is 1. The Balaban J connectivity index is 2.19. The van der Waals surface area contributed by atoms with E-state index in [1.54, 1.807) is 8.61 Å². The Morgan fingerprint density at radius 3 is 2.68 bits per heavy atom. The van der Waals surface area contributed by atoms with E-state index >= 15 is 0 Å². The predicted octanol–water partition coefficient (Wildman–Crippen LogP) is 0.154. The Hall–Kier alpha value is -0.210. The zero-order valence-electron chi connectivity index (χ0n) is 11.8. The Morgan fingerprint density at radius 1 is 1.26 bits per heavy atom. The molecule has 2 heterocycles. The summed E-state index contributed by atoms with van der Waals surface area (Å²) in [5.74, 6) is 0. The predicted molar refractivity (Wildman–Crippen MR) is 73.9 cm³/mol. The molecule has 0 saturated carbocycles. The molecule has 7 heteroatoms. The van der Waals surface area contributed by atoms with Crippen molar-refractivity contribution in [2.24, 2.45) is 5.73 Å². The summed E-state index contributed by atoms with van der Waals surface area (Å²) in [5.41, 5.74) is 5.73. The molecule has 0 radical (unpaired) electrons. The number of morpholine rings is 1. The molecule has 3 atom stereocenters. The van der Waals surface area contributed by atoms with Crippen molar-refractivity contribution in [1.82, 2.24) is 8.61 Å². The highest BCUT2D eigenvalue weighted by Crippen LogP contribution is 2.25. The van der Waals surface area contributed by atoms with Gasteiger partial charge in [-0.25, -0.2) is 0 Å². The summed E-state index contributed by atoms with van der Waals surface area (Å²) in [5, 5.41) is 0. The van der Waals surface area contributed by atoms with Crippen molar-refractivity contribution in [1.29, 1.82) is 0 Å². The van der Waals surface area contributed by atoms with Crippen LogP contribution in [0.2, 0.25) is 0 Å². The zero-order chi connectivity index (χ0) is 14.0. The number of nitrogens with two attached hydrogens (primary N) is 1. The molecule has 0 aromatic rings. The van der Waals surface area contributed by atoms with Gasteiger partial charge in [-0.3, -0.25) is 0 Å². The van der Waals surface area contributed by atoms with Gasteiger partial charge in [0.05, 0.1) is 12.7 Å². The highest BCUT2D eigenvalue weighted by molar-refractivity contribution is 7.86. The lowest BCUT2D eigenvalue weighted by molar-refractivity contribution is -0.0198. The summed E-state index contributed by atoms with van der Waals surface area (Å²) < 4.78 is 34.3. The quantitative estimate of drug-likeness (QED) is 0.803. The average Bonchev–Trinajstić information content (AvgIpc) is 2.41. The zero-order valence-corrected chi connectivity index (χ0v) is 12.6. The molecule has 3 unspecified atom stereocenters. The SMILES string of the molecule is CC1CN(S(=O)(=O)N2CCCCC2CN)C(C)CO1. The molecule has 0 aliphatic carbocycles. The fourth-order valence-corrected chi connectivity index (χ4v) is 4.95. The van der Waals surface area contributed by atoms with Gasteiger partial charge in [-0.1, -0.05) is 6.42 Å². The van der Waals surface area contributed by atoms with Crippen LogP contribution in [0, 0.1) is 0 Å². The molecule has 2 rings (SSSR count). The minimum absolute atomic E-state index is 0.0490. The first kappa shape index (κ1) is 15.2. The Kier molecular flexibility index (Phi) is 4.84. The van der Waals surface area contributed by atoms with Gasteiger partial charge in [0.15, 0.2) is 0 Å². The van der Waals surface area contributed by atoms with Crippen LogP contribution in [0.15, 0.2) is 0 Å². The van der Waals surface area contributed by atoms with E-state index in [0.717, 1.165) is 19.3 Å². The molecule has 2 fully saturated rings. The fraction of sp³-hybridized carbons (Fsp3) is 1.00. The van der Waals surface area contributed by atoms with Crippen LogP contribution >= 0.6 is 0 Å². The Bertz CT molecular complexity index is 393. The topological polar surface area (TPSA) is 75.9 Å². The maximum absolute atomic E-state index is 12.8. The number of hydrogen-bond acceptors (Lipinski definition) is 4. The maximum atomic E-state index is 12.8. The van der Waals surface area contributed by atoms with Crippen molar-refractivity contribution in [3.8, 4) is 0 Å². The first-order valence-corrected chi connectivity index (χ1v) is 8.46. The molecule has 2 aliphatic heterocycles. The summed E-state index contributed by atoms with van der Waals surface area (Å²) in [7, 11) is -3.42. The van der Waals surface area contributed by atoms with E-state index in [9.17, 15) is 8.42 Å². The van der Waals surface area contributed by atoms with Crippen LogP contribution in [-0.2, 0) is 14.9 Å². The third-order valence-corrected chi connectivity index (χ3v) is 6.16. The number of rotatable bonds is 3. The molecule has 2 aliphatic rings. The minimum Gasteiger partial charge on any atom is -0.375 e. The van der Waals surface area contributed by atoms with E-state index in [1.807, 2.05) is 13.8 Å². The van der Waals surface area contributed by atoms with Crippen molar-refractivity contribution in [2.45, 2.75) is 51.3 Å². The Labute approximate surface area is 116 Å². The van der Waals surface area contributed by atoms with Gasteiger partial charge in [0.2, 0.25) is 0 Å². The van der Waals surface area contributed by atoms with Gasteiger partial charge < -0.3 is 10.5 Å². The van der Waals surface area contributed by atoms with E-state index < -0.39 is 10.2 Å². The van der Waals surface area contributed by atoms with Crippen molar-refractivity contribution >= 4 is 10.2 Å². The van der Waals surface area contributed by atoms with Crippen LogP contribution in [0.25, 0.3) is 0 Å². The van der Waals surface area contributed by atoms with Crippen molar-refractivity contribution in [3.05, 3.63) is 0 Å². The van der Waals surface area contributed by atoms with Gasteiger partial charge in [-0.15, -0.1) is 0 Å². The molecule has 0 amide bonds. The van der Waals surface area contributed by atoms with Crippen LogP contribution in [0.1, 0.15) is 33.1 Å². The average molecular weight is 291 g/mol. The second-order valence-electron chi connectivity index (χ2n) is 5.57. The molecule has 0 spiro atoms. The van der Waals surface area contributed by atoms with Crippen LogP contribution < -0.4 is 5.73 Å². The minimum atomic E-state index is -3.42. The highest BCUT2D eigenvalue weighted by atomic mass is 32.2. The first-order chi connectivity index (χ1) is 8.96. The molecule has 0 bridgehead atoms. The van der Waals surface area contributed by atoms with Gasteiger partial charge in [0.25, 0.3) is 10.2 Å². The molecular weight excluding hydrogens is 266 g/mol. The third-order valence-electron chi connectivity index (χ3n) is 3.99. The largest absolute Gasteiger partial charge is 0.375 e. The summed E-state index contributed by atoms with van der Waals surface area (Å²) in [4.78, 5) is 0. The van der Waals surface area contributed by atoms with Gasteiger partial charge in [-0.2, -0.15) is 17.0 Å². The Morgan fingerprint density at radius 2 is 2.00 bits per heavy atom. The summed E-state index contributed by atoms with van der Waals surface area (Å²) in [6.45, 7) is 5.67. The second kappa shape index (κ2) is 6.05. The maximum Gasteiger partial charge on any atom is 0.282 e. The van der Waals surface area contributed by atoms with Gasteiger partial charge in [0.1, 0.15) is 0 Å². The van der Waals surface area contributed by atoms with Gasteiger partial charge in [-0.05, 0) is 26.7 Å². The summed E-state index contributed by atoms with van der Waals surface area (Å²) in [6, 6.07) is -0.161. The standard InChI is InChI=1S/C12H25N3O3S/c1-10-9-18-11(2)8-15(10)19(16,17)14-6-4-3-5-12(14)7-13/h10-12H,3-9,13H2,1-2H3. The molecule has 6 nitrogen and oxygen atoms in total. The molecule has 112 valence electrons. The fourth-order valence-electron chi connectivity index (χ4n) is 2.84. The van der Waals surface area contributed by atoms with Crippen molar-refractivity contribution in [2.75, 3.05) is 26.2 Å². The molecule has 0 aromatic heterocycles. The van der Waals surface area contributed by atoms with Crippen molar-refractivity contribution < 1.29 is 13.2 Å². The lowest BCUT2D eigenvalue weighted by Gasteiger charge is -2.42. The van der Waals surface area contributed by atoms with Gasteiger partial charge in [0, 0.05) is 31.7 Å². The monoisotopic (exact) mass is 291 g/mol. The number of hydrogen-bond donors (Lipinski definition) is 1. The third kappa shape index (κ3) is 3.11. The van der Waals surface area contributed by atoms with Crippen LogP contribution in [0.3, 0.4) is 0 Å². The lowest BCUT2D eigenvalue weighted by Crippen LogP contribution is -2.58. The van der Waals surface area contributed by atoms with E-state index in [2.05, 4.69) is 0 Å². The summed E-state index contributed by atoms with van der Waals surface area (Å²) >= 11 is 0. The van der Waals surface area contributed by atoms with E-state index in [4.69, 9.17) is 10.5 Å². The van der Waals surface area contributed by atoms with Crippen LogP contribution in [0.5, 0.6) is 0 Å². The molecular formula is C12H25N3O3S. The highest BCUT2D eigenvalue weighted by Gasteiger charge is 2.40. The molecule has 2 saturated heterocycles. The van der Waals surface area contributed by atoms with Gasteiger partial charge >= 0.3 is 0 Å². The molecule has 2 N–H and O–H groups in total. The molecule has 19 heavy (non-hydrogen) atoms. The van der Waals surface area contributed by atoms with E-state index in [-0.39, 0.29) is 18.2 Å². The van der Waals surface area contributed by atoms with E-state index in [0.29, 0.717) is 26.2 Å². The number of nitrogens with zero attached hydrogens (tertiary/aromatic N) is 2. The van der Waals surface area contributed by atoms with Crippen LogP contribution in [0.4, 0.5) is 0 Å².